The smallest absolute Gasteiger partial charge is 0.258 e. The molecule has 168 valence electrons. The van der Waals surface area contributed by atoms with Crippen molar-refractivity contribution in [2.45, 2.75) is 39.0 Å². The zero-order valence-corrected chi connectivity index (χ0v) is 18.0. The number of H-pyrrole nitrogens is 1. The Morgan fingerprint density at radius 1 is 1.06 bits per heavy atom. The molecule has 32 heavy (non-hydrogen) atoms. The van der Waals surface area contributed by atoms with Crippen LogP contribution in [0.5, 0.6) is 0 Å². The van der Waals surface area contributed by atoms with Gasteiger partial charge in [-0.2, -0.15) is 4.98 Å². The van der Waals surface area contributed by atoms with Gasteiger partial charge in [-0.15, -0.1) is 0 Å². The summed E-state index contributed by atoms with van der Waals surface area (Å²) in [4.78, 5) is 58.6. The highest BCUT2D eigenvalue weighted by molar-refractivity contribution is 6.04. The Balaban J connectivity index is 1.56. The largest absolute Gasteiger partial charge is 0.342 e. The van der Waals surface area contributed by atoms with Crippen molar-refractivity contribution >= 4 is 40.9 Å². The van der Waals surface area contributed by atoms with E-state index in [0.29, 0.717) is 23.2 Å². The van der Waals surface area contributed by atoms with E-state index < -0.39 is 17.4 Å². The number of aromatic amines is 1. The SMILES string of the molecule is CC(=O)Nc1ccc(NC(=O)[C@H]2CC(=O)Nc3nc(N4CCC(C)CC4)[nH]c(=O)c32)cc1. The van der Waals surface area contributed by atoms with Gasteiger partial charge in [0.25, 0.3) is 5.56 Å². The minimum absolute atomic E-state index is 0.139. The Morgan fingerprint density at radius 2 is 1.69 bits per heavy atom. The molecule has 10 heteroatoms. The number of benzene rings is 1. The highest BCUT2D eigenvalue weighted by atomic mass is 16.2. The number of carbonyl (C=O) groups is 3. The van der Waals surface area contributed by atoms with Crippen LogP contribution in [0.25, 0.3) is 0 Å². The third-order valence-electron chi connectivity index (χ3n) is 5.81. The molecule has 10 nitrogen and oxygen atoms in total. The second-order valence-electron chi connectivity index (χ2n) is 8.37. The zero-order chi connectivity index (χ0) is 22.8. The number of carbonyl (C=O) groups excluding carboxylic acids is 3. The van der Waals surface area contributed by atoms with Crippen LogP contribution in [0, 0.1) is 5.92 Å². The van der Waals surface area contributed by atoms with Gasteiger partial charge in [0.1, 0.15) is 5.82 Å². The maximum atomic E-state index is 13.0. The molecule has 3 amide bonds. The summed E-state index contributed by atoms with van der Waals surface area (Å²) >= 11 is 0. The van der Waals surface area contributed by atoms with Crippen molar-refractivity contribution in [1.29, 1.82) is 0 Å². The Morgan fingerprint density at radius 3 is 2.31 bits per heavy atom. The molecular weight excluding hydrogens is 412 g/mol. The summed E-state index contributed by atoms with van der Waals surface area (Å²) in [6.45, 7) is 5.14. The molecule has 2 aliphatic rings. The van der Waals surface area contributed by atoms with E-state index in [4.69, 9.17) is 0 Å². The second-order valence-corrected chi connectivity index (χ2v) is 8.37. The molecule has 0 bridgehead atoms. The van der Waals surface area contributed by atoms with Crippen LogP contribution in [0.3, 0.4) is 0 Å². The number of fused-ring (bicyclic) bond motifs is 1. The van der Waals surface area contributed by atoms with Crippen LogP contribution >= 0.6 is 0 Å². The first-order valence-corrected chi connectivity index (χ1v) is 10.7. The van der Waals surface area contributed by atoms with Crippen LogP contribution in [0.15, 0.2) is 29.1 Å². The average molecular weight is 438 g/mol. The fourth-order valence-corrected chi connectivity index (χ4v) is 4.02. The van der Waals surface area contributed by atoms with E-state index in [1.54, 1.807) is 24.3 Å². The Labute approximate surface area is 184 Å². The van der Waals surface area contributed by atoms with E-state index in [-0.39, 0.29) is 29.6 Å². The summed E-state index contributed by atoms with van der Waals surface area (Å²) in [5.41, 5.74) is 0.814. The Bertz CT molecular complexity index is 1100. The molecule has 0 radical (unpaired) electrons. The lowest BCUT2D eigenvalue weighted by Gasteiger charge is -2.31. The Kier molecular flexibility index (Phi) is 5.93. The van der Waals surface area contributed by atoms with Gasteiger partial charge in [-0.05, 0) is 43.0 Å². The van der Waals surface area contributed by atoms with Crippen LogP contribution in [0.2, 0.25) is 0 Å². The summed E-state index contributed by atoms with van der Waals surface area (Å²) in [6, 6.07) is 6.57. The number of hydrogen-bond acceptors (Lipinski definition) is 6. The van der Waals surface area contributed by atoms with Crippen molar-refractivity contribution in [1.82, 2.24) is 9.97 Å². The molecule has 1 fully saturated rings. The number of nitrogens with one attached hydrogen (secondary N) is 4. The molecule has 2 aliphatic heterocycles. The van der Waals surface area contributed by atoms with E-state index in [0.717, 1.165) is 25.9 Å². The fourth-order valence-electron chi connectivity index (χ4n) is 4.02. The summed E-state index contributed by atoms with van der Waals surface area (Å²) in [6.07, 6.45) is 1.85. The normalized spacial score (nSPS) is 18.5. The maximum Gasteiger partial charge on any atom is 0.258 e. The highest BCUT2D eigenvalue weighted by Crippen LogP contribution is 2.31. The Hall–Kier alpha value is -3.69. The molecule has 0 spiro atoms. The van der Waals surface area contributed by atoms with Crippen molar-refractivity contribution in [3.8, 4) is 0 Å². The maximum absolute atomic E-state index is 13.0. The lowest BCUT2D eigenvalue weighted by molar-refractivity contribution is -0.123. The van der Waals surface area contributed by atoms with Crippen molar-refractivity contribution in [3.63, 3.8) is 0 Å². The zero-order valence-electron chi connectivity index (χ0n) is 18.0. The molecule has 1 aromatic heterocycles. The number of nitrogens with zero attached hydrogens (tertiary/aromatic N) is 2. The predicted octanol–water partition coefficient (Wildman–Crippen LogP) is 2.03. The molecule has 4 rings (SSSR count). The number of aromatic nitrogens is 2. The van der Waals surface area contributed by atoms with Gasteiger partial charge in [0, 0.05) is 37.8 Å². The van der Waals surface area contributed by atoms with Crippen molar-refractivity contribution in [3.05, 3.63) is 40.2 Å². The molecule has 1 aromatic carbocycles. The fraction of sp³-hybridized carbons (Fsp3) is 0.409. The molecule has 0 aliphatic carbocycles. The first-order chi connectivity index (χ1) is 15.3. The monoisotopic (exact) mass is 438 g/mol. The lowest BCUT2D eigenvalue weighted by Crippen LogP contribution is -2.39. The number of amides is 3. The number of rotatable bonds is 4. The van der Waals surface area contributed by atoms with Crippen LogP contribution in [0.4, 0.5) is 23.1 Å². The quantitative estimate of drug-likeness (QED) is 0.577. The van der Waals surface area contributed by atoms with Gasteiger partial charge >= 0.3 is 0 Å². The van der Waals surface area contributed by atoms with Gasteiger partial charge in [-0.25, -0.2) is 0 Å². The van der Waals surface area contributed by atoms with E-state index in [1.165, 1.54) is 6.92 Å². The van der Waals surface area contributed by atoms with E-state index in [1.807, 2.05) is 4.90 Å². The number of anilines is 4. The minimum atomic E-state index is -0.958. The molecule has 1 saturated heterocycles. The topological polar surface area (TPSA) is 136 Å². The van der Waals surface area contributed by atoms with Gasteiger partial charge in [0.05, 0.1) is 11.5 Å². The van der Waals surface area contributed by atoms with Crippen LogP contribution in [0.1, 0.15) is 44.6 Å². The van der Waals surface area contributed by atoms with Gasteiger partial charge in [-0.1, -0.05) is 6.92 Å². The van der Waals surface area contributed by atoms with Crippen molar-refractivity contribution in [2.24, 2.45) is 5.92 Å². The summed E-state index contributed by atoms with van der Waals surface area (Å²) < 4.78 is 0. The van der Waals surface area contributed by atoms with Crippen molar-refractivity contribution in [2.75, 3.05) is 33.9 Å². The van der Waals surface area contributed by atoms with E-state index >= 15 is 0 Å². The molecule has 4 N–H and O–H groups in total. The van der Waals surface area contributed by atoms with E-state index in [2.05, 4.69) is 32.8 Å². The standard InChI is InChI=1S/C22H26N6O4/c1-12-7-9-28(10-8-12)22-26-19-18(21(32)27-22)16(11-17(30)25-19)20(31)24-15-5-3-14(4-6-15)23-13(2)29/h3-6,12,16H,7-11H2,1-2H3,(H,23,29)(H,24,31)(H2,25,26,27,30,32)/t16-/m0/s1. The molecule has 0 saturated carbocycles. The average Bonchev–Trinajstić information content (AvgIpc) is 2.74. The van der Waals surface area contributed by atoms with Crippen LogP contribution < -0.4 is 26.4 Å². The molecule has 2 aromatic rings. The third-order valence-corrected chi connectivity index (χ3v) is 5.81. The minimum Gasteiger partial charge on any atom is -0.342 e. The van der Waals surface area contributed by atoms with Gasteiger partial charge < -0.3 is 20.9 Å². The third kappa shape index (κ3) is 4.63. The molecule has 1 atom stereocenters. The van der Waals surface area contributed by atoms with Gasteiger partial charge in [0.15, 0.2) is 0 Å². The van der Waals surface area contributed by atoms with Gasteiger partial charge in [0.2, 0.25) is 23.7 Å². The predicted molar refractivity (Wildman–Crippen MR) is 121 cm³/mol. The highest BCUT2D eigenvalue weighted by Gasteiger charge is 2.35. The van der Waals surface area contributed by atoms with Crippen LogP contribution in [-0.2, 0) is 14.4 Å². The van der Waals surface area contributed by atoms with E-state index in [9.17, 15) is 19.2 Å². The molecule has 3 heterocycles. The summed E-state index contributed by atoms with van der Waals surface area (Å²) in [7, 11) is 0. The second kappa shape index (κ2) is 8.81. The van der Waals surface area contributed by atoms with Crippen LogP contribution in [-0.4, -0.2) is 40.8 Å². The summed E-state index contributed by atoms with van der Waals surface area (Å²) in [5.74, 6) is -0.821. The first kappa shape index (κ1) is 21.5. The summed E-state index contributed by atoms with van der Waals surface area (Å²) in [5, 5.41) is 8.03. The number of hydrogen-bond donors (Lipinski definition) is 4. The van der Waals surface area contributed by atoms with Gasteiger partial charge in [-0.3, -0.25) is 24.2 Å². The number of piperidine rings is 1. The first-order valence-electron chi connectivity index (χ1n) is 10.7. The molecular formula is C22H26N6O4. The lowest BCUT2D eigenvalue weighted by atomic mass is 9.92. The molecule has 0 unspecified atom stereocenters. The van der Waals surface area contributed by atoms with Crippen molar-refractivity contribution < 1.29 is 14.4 Å².